The maximum absolute atomic E-state index is 10.9. The molecule has 0 bridgehead atoms. The molecule has 134 valence electrons. The van der Waals surface area contributed by atoms with E-state index in [0.717, 1.165) is 38.2 Å². The summed E-state index contributed by atoms with van der Waals surface area (Å²) in [6.07, 6.45) is 3.51. The van der Waals surface area contributed by atoms with Crippen molar-refractivity contribution < 1.29 is 14.3 Å². The van der Waals surface area contributed by atoms with Crippen LogP contribution >= 0.6 is 11.6 Å². The van der Waals surface area contributed by atoms with Gasteiger partial charge in [0.05, 0.1) is 12.1 Å². The topological polar surface area (TPSA) is 90.8 Å². The number of carbonyl (C=O) groups is 1. The van der Waals surface area contributed by atoms with Gasteiger partial charge in [-0.2, -0.15) is 0 Å². The fourth-order valence-corrected chi connectivity index (χ4v) is 3.46. The number of carbonyl (C=O) groups excluding carboxylic acids is 1. The van der Waals surface area contributed by atoms with Crippen molar-refractivity contribution in [3.8, 4) is 11.5 Å². The smallest absolute Gasteiger partial charge is 0.255 e. The molecule has 1 atom stereocenters. The van der Waals surface area contributed by atoms with Crippen LogP contribution < -0.4 is 20.9 Å². The predicted octanol–water partition coefficient (Wildman–Crippen LogP) is 1.77. The van der Waals surface area contributed by atoms with E-state index in [2.05, 4.69) is 4.90 Å². The first-order valence-corrected chi connectivity index (χ1v) is 8.61. The molecule has 1 saturated heterocycles. The van der Waals surface area contributed by atoms with E-state index < -0.39 is 5.91 Å². The third kappa shape index (κ3) is 5.26. The molecule has 2 rings (SSSR count). The highest BCUT2D eigenvalue weighted by atomic mass is 35.5. The van der Waals surface area contributed by atoms with Gasteiger partial charge in [-0.25, -0.2) is 0 Å². The van der Waals surface area contributed by atoms with Gasteiger partial charge in [0.15, 0.2) is 18.1 Å². The Morgan fingerprint density at radius 3 is 2.92 bits per heavy atom. The molecule has 7 heteroatoms. The number of ether oxygens (including phenoxy) is 2. The predicted molar refractivity (Wildman–Crippen MR) is 94.4 cm³/mol. The highest BCUT2D eigenvalue weighted by Crippen LogP contribution is 2.37. The van der Waals surface area contributed by atoms with E-state index in [1.165, 1.54) is 12.8 Å². The third-order valence-corrected chi connectivity index (χ3v) is 4.51. The summed E-state index contributed by atoms with van der Waals surface area (Å²) >= 11 is 6.30. The van der Waals surface area contributed by atoms with Crippen LogP contribution in [0.15, 0.2) is 12.1 Å². The Morgan fingerprint density at radius 1 is 1.46 bits per heavy atom. The summed E-state index contributed by atoms with van der Waals surface area (Å²) in [4.78, 5) is 13.3. The lowest BCUT2D eigenvalue weighted by Crippen LogP contribution is -2.35. The van der Waals surface area contributed by atoms with Crippen LogP contribution in [0, 0.1) is 5.92 Å². The second kappa shape index (κ2) is 9.11. The Bertz CT molecular complexity index is 566. The Morgan fingerprint density at radius 2 is 2.25 bits per heavy atom. The van der Waals surface area contributed by atoms with Crippen LogP contribution in [-0.4, -0.2) is 44.2 Å². The van der Waals surface area contributed by atoms with Gasteiger partial charge in [0.1, 0.15) is 0 Å². The number of piperidine rings is 1. The van der Waals surface area contributed by atoms with E-state index in [1.54, 1.807) is 7.11 Å². The van der Waals surface area contributed by atoms with Crippen LogP contribution in [-0.2, 0) is 11.3 Å². The number of halogens is 1. The van der Waals surface area contributed by atoms with Crippen LogP contribution in [0.2, 0.25) is 5.02 Å². The lowest BCUT2D eigenvalue weighted by molar-refractivity contribution is -0.119. The Labute approximate surface area is 148 Å². The van der Waals surface area contributed by atoms with Crippen LogP contribution in [0.25, 0.3) is 0 Å². The number of rotatable bonds is 8. The number of methoxy groups -OCH3 is 1. The van der Waals surface area contributed by atoms with Gasteiger partial charge in [-0.15, -0.1) is 0 Å². The standard InChI is InChI=1S/C17H26ClN3O3/c1-23-15-8-13(7-14(18)17(15)24-11-16(20)22)10-21-6-2-3-12(9-21)4-5-19/h7-8,12H,2-6,9-11,19H2,1H3,(H2,20,22). The molecule has 1 fully saturated rings. The average Bonchev–Trinajstić information content (AvgIpc) is 2.54. The quantitative estimate of drug-likeness (QED) is 0.741. The molecule has 4 N–H and O–H groups in total. The molecule has 1 aromatic carbocycles. The molecular weight excluding hydrogens is 330 g/mol. The summed E-state index contributed by atoms with van der Waals surface area (Å²) in [6, 6.07) is 3.75. The van der Waals surface area contributed by atoms with Crippen molar-refractivity contribution in [2.24, 2.45) is 17.4 Å². The van der Waals surface area contributed by atoms with Gasteiger partial charge in [0.25, 0.3) is 5.91 Å². The first-order valence-electron chi connectivity index (χ1n) is 8.23. The average molecular weight is 356 g/mol. The van der Waals surface area contributed by atoms with E-state index in [9.17, 15) is 4.79 Å². The maximum atomic E-state index is 10.9. The molecule has 0 saturated carbocycles. The number of primary amides is 1. The molecule has 0 aromatic heterocycles. The van der Waals surface area contributed by atoms with Crippen molar-refractivity contribution in [1.82, 2.24) is 4.90 Å². The van der Waals surface area contributed by atoms with E-state index in [0.29, 0.717) is 22.4 Å². The molecular formula is C17H26ClN3O3. The summed E-state index contributed by atoms with van der Waals surface area (Å²) in [6.45, 7) is 3.43. The summed E-state index contributed by atoms with van der Waals surface area (Å²) in [7, 11) is 1.55. The second-order valence-corrected chi connectivity index (χ2v) is 6.59. The second-order valence-electron chi connectivity index (χ2n) is 6.18. The van der Waals surface area contributed by atoms with Gasteiger partial charge in [-0.1, -0.05) is 11.6 Å². The number of nitrogens with two attached hydrogens (primary N) is 2. The molecule has 0 radical (unpaired) electrons. The molecule has 1 amide bonds. The molecule has 1 aromatic rings. The molecule has 6 nitrogen and oxygen atoms in total. The molecule has 24 heavy (non-hydrogen) atoms. The molecule has 1 aliphatic heterocycles. The van der Waals surface area contributed by atoms with Gasteiger partial charge in [0.2, 0.25) is 0 Å². The van der Waals surface area contributed by atoms with Crippen LogP contribution in [0.1, 0.15) is 24.8 Å². The molecule has 1 heterocycles. The lowest BCUT2D eigenvalue weighted by Gasteiger charge is -2.32. The molecule has 0 aliphatic carbocycles. The normalized spacial score (nSPS) is 18.4. The van der Waals surface area contributed by atoms with E-state index in [1.807, 2.05) is 12.1 Å². The highest BCUT2D eigenvalue weighted by molar-refractivity contribution is 6.32. The van der Waals surface area contributed by atoms with E-state index >= 15 is 0 Å². The van der Waals surface area contributed by atoms with Crippen molar-refractivity contribution in [2.75, 3.05) is 33.4 Å². The fraction of sp³-hybridized carbons (Fsp3) is 0.588. The Balaban J connectivity index is 2.07. The summed E-state index contributed by atoms with van der Waals surface area (Å²) in [5.41, 5.74) is 11.8. The van der Waals surface area contributed by atoms with Gasteiger partial charge < -0.3 is 20.9 Å². The maximum Gasteiger partial charge on any atom is 0.255 e. The largest absolute Gasteiger partial charge is 0.493 e. The number of hydrogen-bond acceptors (Lipinski definition) is 5. The van der Waals surface area contributed by atoms with E-state index in [-0.39, 0.29) is 6.61 Å². The van der Waals surface area contributed by atoms with Gasteiger partial charge in [-0.05, 0) is 56.0 Å². The number of hydrogen-bond donors (Lipinski definition) is 2. The zero-order valence-corrected chi connectivity index (χ0v) is 14.8. The zero-order valence-electron chi connectivity index (χ0n) is 14.1. The van der Waals surface area contributed by atoms with E-state index in [4.69, 9.17) is 32.5 Å². The Hall–Kier alpha value is -1.50. The van der Waals surface area contributed by atoms with Gasteiger partial charge in [-0.3, -0.25) is 9.69 Å². The van der Waals surface area contributed by atoms with Crippen molar-refractivity contribution in [2.45, 2.75) is 25.8 Å². The van der Waals surface area contributed by atoms with Crippen molar-refractivity contribution in [3.63, 3.8) is 0 Å². The molecule has 0 spiro atoms. The van der Waals surface area contributed by atoms with Gasteiger partial charge >= 0.3 is 0 Å². The number of nitrogens with zero attached hydrogens (tertiary/aromatic N) is 1. The number of amides is 1. The summed E-state index contributed by atoms with van der Waals surface area (Å²) in [5, 5.41) is 0.418. The first kappa shape index (κ1) is 18.8. The summed E-state index contributed by atoms with van der Waals surface area (Å²) < 4.78 is 10.7. The Kier molecular flexibility index (Phi) is 7.15. The minimum absolute atomic E-state index is 0.234. The fourth-order valence-electron chi connectivity index (χ4n) is 3.17. The first-order chi connectivity index (χ1) is 11.5. The number of likely N-dealkylation sites (tertiary alicyclic amines) is 1. The summed E-state index contributed by atoms with van der Waals surface area (Å²) in [5.74, 6) is 0.964. The zero-order chi connectivity index (χ0) is 17.5. The molecule has 1 aliphatic rings. The molecule has 1 unspecified atom stereocenters. The van der Waals surface area contributed by atoms with Crippen LogP contribution in [0.3, 0.4) is 0 Å². The lowest BCUT2D eigenvalue weighted by atomic mass is 9.94. The SMILES string of the molecule is COc1cc(CN2CCCC(CCN)C2)cc(Cl)c1OCC(N)=O. The monoisotopic (exact) mass is 355 g/mol. The van der Waals surface area contributed by atoms with Crippen molar-refractivity contribution in [1.29, 1.82) is 0 Å². The third-order valence-electron chi connectivity index (χ3n) is 4.23. The van der Waals surface area contributed by atoms with Crippen LogP contribution in [0.4, 0.5) is 0 Å². The number of benzene rings is 1. The van der Waals surface area contributed by atoms with Crippen molar-refractivity contribution in [3.05, 3.63) is 22.7 Å². The highest BCUT2D eigenvalue weighted by Gasteiger charge is 2.20. The van der Waals surface area contributed by atoms with Crippen molar-refractivity contribution >= 4 is 17.5 Å². The minimum Gasteiger partial charge on any atom is -0.493 e. The van der Waals surface area contributed by atoms with Gasteiger partial charge in [0, 0.05) is 13.1 Å². The minimum atomic E-state index is -0.559. The van der Waals surface area contributed by atoms with Crippen LogP contribution in [0.5, 0.6) is 11.5 Å².